The van der Waals surface area contributed by atoms with E-state index < -0.39 is 0 Å². The van der Waals surface area contributed by atoms with Crippen LogP contribution >= 0.6 is 11.6 Å². The third-order valence-electron chi connectivity index (χ3n) is 3.40. The number of carbonyl (C=O) groups excluding carboxylic acids is 1. The highest BCUT2D eigenvalue weighted by Crippen LogP contribution is 2.27. The van der Waals surface area contributed by atoms with E-state index in [9.17, 15) is 9.18 Å². The van der Waals surface area contributed by atoms with E-state index in [1.807, 2.05) is 6.07 Å². The van der Waals surface area contributed by atoms with Gasteiger partial charge in [0.05, 0.1) is 0 Å². The van der Waals surface area contributed by atoms with Crippen LogP contribution in [-0.2, 0) is 13.0 Å². The number of Topliss-reactive ketones (excluding diaryl/α,β-unsaturated/α-hetero) is 1. The molecule has 3 rings (SSSR count). The Morgan fingerprint density at radius 3 is 2.85 bits per heavy atom. The molecule has 0 bridgehead atoms. The molecule has 0 fully saturated rings. The van der Waals surface area contributed by atoms with Crippen LogP contribution in [0.1, 0.15) is 27.9 Å². The SMILES string of the molecule is O=C1CCc2cc(OCc3cc(F)ccc3Cl)ccc21. The van der Waals surface area contributed by atoms with Gasteiger partial charge < -0.3 is 4.74 Å². The molecular weight excluding hydrogens is 279 g/mol. The summed E-state index contributed by atoms with van der Waals surface area (Å²) >= 11 is 5.98. The second kappa shape index (κ2) is 5.25. The van der Waals surface area contributed by atoms with Crippen LogP contribution in [0.2, 0.25) is 5.02 Å². The van der Waals surface area contributed by atoms with Gasteiger partial charge in [-0.2, -0.15) is 0 Å². The minimum absolute atomic E-state index is 0.180. The van der Waals surface area contributed by atoms with E-state index in [2.05, 4.69) is 0 Å². The largest absolute Gasteiger partial charge is 0.489 e. The molecule has 4 heteroatoms. The fourth-order valence-corrected chi connectivity index (χ4v) is 2.51. The standard InChI is InChI=1S/C16H12ClFO2/c17-15-5-2-12(18)7-11(15)9-20-13-3-4-14-10(8-13)1-6-16(14)19/h2-5,7-8H,1,6,9H2. The number of benzene rings is 2. The first-order valence-electron chi connectivity index (χ1n) is 6.36. The molecule has 2 nitrogen and oxygen atoms in total. The molecule has 0 saturated carbocycles. The lowest BCUT2D eigenvalue weighted by Crippen LogP contribution is -1.98. The van der Waals surface area contributed by atoms with E-state index >= 15 is 0 Å². The maximum Gasteiger partial charge on any atom is 0.163 e. The van der Waals surface area contributed by atoms with Gasteiger partial charge in [0, 0.05) is 22.6 Å². The van der Waals surface area contributed by atoms with Crippen LogP contribution in [0.5, 0.6) is 5.75 Å². The third-order valence-corrected chi connectivity index (χ3v) is 3.77. The average Bonchev–Trinajstić information content (AvgIpc) is 2.81. The summed E-state index contributed by atoms with van der Waals surface area (Å²) < 4.78 is 18.8. The van der Waals surface area contributed by atoms with Crippen molar-refractivity contribution < 1.29 is 13.9 Å². The molecule has 2 aromatic carbocycles. The van der Waals surface area contributed by atoms with Gasteiger partial charge in [0.1, 0.15) is 18.2 Å². The average molecular weight is 291 g/mol. The zero-order valence-corrected chi connectivity index (χ0v) is 11.4. The van der Waals surface area contributed by atoms with E-state index in [4.69, 9.17) is 16.3 Å². The molecule has 1 aliphatic carbocycles. The molecule has 2 aromatic rings. The number of fused-ring (bicyclic) bond motifs is 1. The van der Waals surface area contributed by atoms with Crippen molar-refractivity contribution in [3.8, 4) is 5.75 Å². The highest BCUT2D eigenvalue weighted by atomic mass is 35.5. The van der Waals surface area contributed by atoms with E-state index in [1.54, 1.807) is 12.1 Å². The zero-order chi connectivity index (χ0) is 14.1. The molecule has 0 amide bonds. The Balaban J connectivity index is 1.76. The third kappa shape index (κ3) is 2.54. The first-order chi connectivity index (χ1) is 9.63. The summed E-state index contributed by atoms with van der Waals surface area (Å²) in [7, 11) is 0. The highest BCUT2D eigenvalue weighted by Gasteiger charge is 2.19. The number of aryl methyl sites for hydroxylation is 1. The van der Waals surface area contributed by atoms with Crippen LogP contribution < -0.4 is 4.74 Å². The van der Waals surface area contributed by atoms with E-state index in [1.165, 1.54) is 18.2 Å². The van der Waals surface area contributed by atoms with Gasteiger partial charge in [0.15, 0.2) is 5.78 Å². The van der Waals surface area contributed by atoms with Crippen molar-refractivity contribution in [3.63, 3.8) is 0 Å². The zero-order valence-electron chi connectivity index (χ0n) is 10.7. The molecule has 0 saturated heterocycles. The summed E-state index contributed by atoms with van der Waals surface area (Å²) in [5.41, 5.74) is 2.39. The Morgan fingerprint density at radius 2 is 2.00 bits per heavy atom. The monoisotopic (exact) mass is 290 g/mol. The summed E-state index contributed by atoms with van der Waals surface area (Å²) in [5.74, 6) is 0.506. The summed E-state index contributed by atoms with van der Waals surface area (Å²) in [6.45, 7) is 0.198. The fourth-order valence-electron chi connectivity index (χ4n) is 2.34. The number of ketones is 1. The molecule has 102 valence electrons. The lowest BCUT2D eigenvalue weighted by Gasteiger charge is -2.09. The first-order valence-corrected chi connectivity index (χ1v) is 6.74. The molecule has 0 atom stereocenters. The lowest BCUT2D eigenvalue weighted by atomic mass is 10.1. The van der Waals surface area contributed by atoms with Gasteiger partial charge in [0.2, 0.25) is 0 Å². The predicted molar refractivity (Wildman–Crippen MR) is 74.8 cm³/mol. The van der Waals surface area contributed by atoms with Crippen molar-refractivity contribution in [2.75, 3.05) is 0 Å². The van der Waals surface area contributed by atoms with Gasteiger partial charge >= 0.3 is 0 Å². The quantitative estimate of drug-likeness (QED) is 0.847. The van der Waals surface area contributed by atoms with Crippen molar-refractivity contribution in [1.82, 2.24) is 0 Å². The minimum atomic E-state index is -0.340. The van der Waals surface area contributed by atoms with E-state index in [0.29, 0.717) is 22.8 Å². The molecule has 0 N–H and O–H groups in total. The minimum Gasteiger partial charge on any atom is -0.489 e. The summed E-state index contributed by atoms with van der Waals surface area (Å²) in [4.78, 5) is 11.5. The number of carbonyl (C=O) groups is 1. The van der Waals surface area contributed by atoms with Gasteiger partial charge in [0.25, 0.3) is 0 Å². The Bertz CT molecular complexity index is 682. The molecule has 1 aliphatic rings. The maximum atomic E-state index is 13.1. The number of rotatable bonds is 3. The number of hydrogen-bond donors (Lipinski definition) is 0. The molecule has 0 heterocycles. The Labute approximate surface area is 121 Å². The Kier molecular flexibility index (Phi) is 3.45. The van der Waals surface area contributed by atoms with Crippen LogP contribution in [0.3, 0.4) is 0 Å². The van der Waals surface area contributed by atoms with Crippen LogP contribution in [-0.4, -0.2) is 5.78 Å². The topological polar surface area (TPSA) is 26.3 Å². The maximum absolute atomic E-state index is 13.1. The van der Waals surface area contributed by atoms with Crippen LogP contribution in [0.4, 0.5) is 4.39 Å². The van der Waals surface area contributed by atoms with Crippen LogP contribution in [0.25, 0.3) is 0 Å². The number of halogens is 2. The second-order valence-electron chi connectivity index (χ2n) is 4.77. The normalized spacial score (nSPS) is 13.4. The van der Waals surface area contributed by atoms with Gasteiger partial charge in [-0.3, -0.25) is 4.79 Å². The van der Waals surface area contributed by atoms with Crippen molar-refractivity contribution in [2.45, 2.75) is 19.4 Å². The van der Waals surface area contributed by atoms with Crippen molar-refractivity contribution in [3.05, 3.63) is 63.9 Å². The Hall–Kier alpha value is -1.87. The highest BCUT2D eigenvalue weighted by molar-refractivity contribution is 6.31. The van der Waals surface area contributed by atoms with Gasteiger partial charge in [-0.15, -0.1) is 0 Å². The molecule has 0 aromatic heterocycles. The van der Waals surface area contributed by atoms with Gasteiger partial charge in [-0.05, 0) is 48.4 Å². The van der Waals surface area contributed by atoms with Crippen molar-refractivity contribution in [1.29, 1.82) is 0 Å². The summed E-state index contributed by atoms with van der Waals surface area (Å²) in [5, 5.41) is 0.475. The van der Waals surface area contributed by atoms with Crippen LogP contribution in [0, 0.1) is 5.82 Å². The predicted octanol–water partition coefficient (Wildman–Crippen LogP) is 4.19. The number of ether oxygens (including phenoxy) is 1. The smallest absolute Gasteiger partial charge is 0.163 e. The number of hydrogen-bond acceptors (Lipinski definition) is 2. The molecule has 0 radical (unpaired) electrons. The molecular formula is C16H12ClFO2. The molecule has 20 heavy (non-hydrogen) atoms. The van der Waals surface area contributed by atoms with Crippen molar-refractivity contribution in [2.24, 2.45) is 0 Å². The summed E-state index contributed by atoms with van der Waals surface area (Å²) in [6.07, 6.45) is 1.32. The Morgan fingerprint density at radius 1 is 1.15 bits per heavy atom. The summed E-state index contributed by atoms with van der Waals surface area (Å²) in [6, 6.07) is 9.60. The first kappa shape index (κ1) is 13.1. The fraction of sp³-hybridized carbons (Fsp3) is 0.188. The molecule has 0 aliphatic heterocycles. The van der Waals surface area contributed by atoms with E-state index in [-0.39, 0.29) is 18.2 Å². The van der Waals surface area contributed by atoms with Crippen molar-refractivity contribution >= 4 is 17.4 Å². The second-order valence-corrected chi connectivity index (χ2v) is 5.17. The molecule has 0 unspecified atom stereocenters. The molecule has 0 spiro atoms. The van der Waals surface area contributed by atoms with Crippen LogP contribution in [0.15, 0.2) is 36.4 Å². The van der Waals surface area contributed by atoms with Gasteiger partial charge in [-0.1, -0.05) is 11.6 Å². The van der Waals surface area contributed by atoms with E-state index in [0.717, 1.165) is 17.5 Å². The lowest BCUT2D eigenvalue weighted by molar-refractivity contribution is 0.0994. The van der Waals surface area contributed by atoms with Gasteiger partial charge in [-0.25, -0.2) is 4.39 Å².